The fourth-order valence-electron chi connectivity index (χ4n) is 3.65. The van der Waals surface area contributed by atoms with Crippen LogP contribution in [0.3, 0.4) is 0 Å². The van der Waals surface area contributed by atoms with Crippen LogP contribution >= 0.6 is 0 Å². The van der Waals surface area contributed by atoms with Gasteiger partial charge in [0, 0.05) is 36.5 Å². The molecule has 0 spiro atoms. The summed E-state index contributed by atoms with van der Waals surface area (Å²) in [4.78, 5) is 27.4. The number of hydrogen-bond acceptors (Lipinski definition) is 3. The molecule has 0 aromatic heterocycles. The number of hydrogen-bond donors (Lipinski definition) is 3. The van der Waals surface area contributed by atoms with E-state index in [1.54, 1.807) is 0 Å². The van der Waals surface area contributed by atoms with Gasteiger partial charge in [-0.25, -0.2) is 4.79 Å². The number of rotatable bonds is 6. The smallest absolute Gasteiger partial charge is 0.319 e. The van der Waals surface area contributed by atoms with Crippen LogP contribution in [-0.2, 0) is 0 Å². The number of piperidine rings is 1. The fraction of sp³-hybridized carbons (Fsp3) is 0.440. The van der Waals surface area contributed by atoms with Crippen molar-refractivity contribution < 1.29 is 9.59 Å². The third-order valence-corrected chi connectivity index (χ3v) is 5.99. The van der Waals surface area contributed by atoms with E-state index in [-0.39, 0.29) is 24.0 Å². The second kappa shape index (κ2) is 10.3. The second-order valence-electron chi connectivity index (χ2n) is 8.75. The number of amides is 3. The lowest BCUT2D eigenvalue weighted by molar-refractivity contribution is 0.0931. The molecule has 2 aromatic carbocycles. The zero-order valence-electron chi connectivity index (χ0n) is 18.9. The minimum absolute atomic E-state index is 0.0328. The Kier molecular flexibility index (Phi) is 7.55. The van der Waals surface area contributed by atoms with Crippen molar-refractivity contribution in [2.75, 3.05) is 23.3 Å². The van der Waals surface area contributed by atoms with Crippen molar-refractivity contribution in [1.29, 1.82) is 0 Å². The minimum Gasteiger partial charge on any atom is -0.371 e. The summed E-state index contributed by atoms with van der Waals surface area (Å²) in [6, 6.07) is 15.6. The Hall–Kier alpha value is -3.02. The number of carbonyl (C=O) groups is 2. The van der Waals surface area contributed by atoms with Crippen LogP contribution in [0, 0.1) is 12.8 Å². The van der Waals surface area contributed by atoms with Crippen LogP contribution in [0.15, 0.2) is 48.5 Å². The fourth-order valence-corrected chi connectivity index (χ4v) is 3.65. The Balaban J connectivity index is 1.55. The van der Waals surface area contributed by atoms with Crippen LogP contribution in [0.4, 0.5) is 16.2 Å². The molecule has 2 aromatic rings. The van der Waals surface area contributed by atoms with E-state index in [2.05, 4.69) is 34.7 Å². The highest BCUT2D eigenvalue weighted by molar-refractivity contribution is 6.00. The van der Waals surface area contributed by atoms with Gasteiger partial charge in [0.1, 0.15) is 0 Å². The van der Waals surface area contributed by atoms with E-state index < -0.39 is 0 Å². The van der Waals surface area contributed by atoms with E-state index in [0.29, 0.717) is 11.5 Å². The summed E-state index contributed by atoms with van der Waals surface area (Å²) in [5, 5.41) is 9.07. The number of carbonyl (C=O) groups excluding carboxylic acids is 2. The first-order valence-electron chi connectivity index (χ1n) is 11.1. The molecule has 6 nitrogen and oxygen atoms in total. The summed E-state index contributed by atoms with van der Waals surface area (Å²) in [5.41, 5.74) is 3.61. The van der Waals surface area contributed by atoms with Crippen molar-refractivity contribution in [3.8, 4) is 0 Å². The van der Waals surface area contributed by atoms with E-state index in [4.69, 9.17) is 0 Å². The van der Waals surface area contributed by atoms with Gasteiger partial charge in [-0.15, -0.1) is 0 Å². The van der Waals surface area contributed by atoms with Crippen LogP contribution in [0.2, 0.25) is 0 Å². The maximum absolute atomic E-state index is 12.8. The van der Waals surface area contributed by atoms with Gasteiger partial charge in [-0.05, 0) is 56.9 Å². The van der Waals surface area contributed by atoms with Gasteiger partial charge >= 0.3 is 6.03 Å². The SMILES string of the molecule is Cc1ccc(NC(=O)NC2CCN(c3ccccc3C(=O)N[C@@H](C)C(C)C)CC2)cc1. The molecule has 1 aliphatic rings. The standard InChI is InChI=1S/C25H34N4O2/c1-17(2)19(4)26-24(30)22-7-5-6-8-23(22)29-15-13-21(14-16-29)28-25(31)27-20-11-9-18(3)10-12-20/h5-12,17,19,21H,13-16H2,1-4H3,(H,26,30)(H2,27,28,31)/t19-/m0/s1. The van der Waals surface area contributed by atoms with Gasteiger partial charge in [0.05, 0.1) is 5.56 Å². The summed E-state index contributed by atoms with van der Waals surface area (Å²) in [6.07, 6.45) is 1.67. The van der Waals surface area contributed by atoms with Gasteiger partial charge in [0.2, 0.25) is 0 Å². The highest BCUT2D eigenvalue weighted by atomic mass is 16.2. The van der Waals surface area contributed by atoms with Crippen molar-refractivity contribution in [2.45, 2.75) is 52.6 Å². The summed E-state index contributed by atoms with van der Waals surface area (Å²) in [5.74, 6) is 0.346. The second-order valence-corrected chi connectivity index (χ2v) is 8.75. The maximum Gasteiger partial charge on any atom is 0.319 e. The molecule has 1 saturated heterocycles. The number of anilines is 2. The molecule has 0 radical (unpaired) electrons. The van der Waals surface area contributed by atoms with Gasteiger partial charge < -0.3 is 20.9 Å². The average Bonchev–Trinajstić information content (AvgIpc) is 2.75. The molecule has 1 heterocycles. The van der Waals surface area contributed by atoms with E-state index in [9.17, 15) is 9.59 Å². The molecular formula is C25H34N4O2. The zero-order valence-corrected chi connectivity index (χ0v) is 18.9. The molecule has 0 unspecified atom stereocenters. The number of benzene rings is 2. The number of aryl methyl sites for hydroxylation is 1. The molecule has 0 bridgehead atoms. The molecular weight excluding hydrogens is 388 g/mol. The Morgan fingerprint density at radius 2 is 1.61 bits per heavy atom. The Labute approximate surface area is 185 Å². The van der Waals surface area contributed by atoms with Crippen molar-refractivity contribution in [3.05, 3.63) is 59.7 Å². The first-order chi connectivity index (χ1) is 14.8. The van der Waals surface area contributed by atoms with Crippen LogP contribution in [-0.4, -0.2) is 37.1 Å². The highest BCUT2D eigenvalue weighted by Crippen LogP contribution is 2.25. The minimum atomic E-state index is -0.176. The Morgan fingerprint density at radius 1 is 0.968 bits per heavy atom. The third-order valence-electron chi connectivity index (χ3n) is 5.99. The average molecular weight is 423 g/mol. The molecule has 1 atom stereocenters. The number of para-hydroxylation sites is 1. The lowest BCUT2D eigenvalue weighted by Crippen LogP contribution is -2.46. The molecule has 0 saturated carbocycles. The first kappa shape index (κ1) is 22.7. The molecule has 1 aliphatic heterocycles. The third kappa shape index (κ3) is 6.23. The molecule has 3 N–H and O–H groups in total. The molecule has 3 amide bonds. The van der Waals surface area contributed by atoms with Crippen LogP contribution in [0.25, 0.3) is 0 Å². The molecule has 3 rings (SSSR count). The topological polar surface area (TPSA) is 73.5 Å². The van der Waals surface area contributed by atoms with E-state index in [1.807, 2.05) is 62.4 Å². The van der Waals surface area contributed by atoms with E-state index >= 15 is 0 Å². The van der Waals surface area contributed by atoms with Gasteiger partial charge in [-0.1, -0.05) is 43.7 Å². The summed E-state index contributed by atoms with van der Waals surface area (Å²) in [7, 11) is 0. The van der Waals surface area contributed by atoms with Crippen LogP contribution < -0.4 is 20.9 Å². The number of nitrogens with zero attached hydrogens (tertiary/aromatic N) is 1. The monoisotopic (exact) mass is 422 g/mol. The van der Waals surface area contributed by atoms with Crippen LogP contribution in [0.5, 0.6) is 0 Å². The number of nitrogens with one attached hydrogen (secondary N) is 3. The highest BCUT2D eigenvalue weighted by Gasteiger charge is 2.24. The predicted molar refractivity (Wildman–Crippen MR) is 127 cm³/mol. The molecule has 1 fully saturated rings. The maximum atomic E-state index is 12.8. The van der Waals surface area contributed by atoms with Crippen LogP contribution in [0.1, 0.15) is 49.5 Å². The van der Waals surface area contributed by atoms with Gasteiger partial charge in [-0.3, -0.25) is 4.79 Å². The van der Waals surface area contributed by atoms with E-state index in [1.165, 1.54) is 0 Å². The lowest BCUT2D eigenvalue weighted by atomic mass is 10.0. The van der Waals surface area contributed by atoms with Gasteiger partial charge in [0.25, 0.3) is 5.91 Å². The Morgan fingerprint density at radius 3 is 2.26 bits per heavy atom. The first-order valence-corrected chi connectivity index (χ1v) is 11.1. The van der Waals surface area contributed by atoms with Crippen molar-refractivity contribution in [3.63, 3.8) is 0 Å². The predicted octanol–water partition coefficient (Wildman–Crippen LogP) is 4.56. The molecule has 0 aliphatic carbocycles. The molecule has 31 heavy (non-hydrogen) atoms. The summed E-state index contributed by atoms with van der Waals surface area (Å²) in [6.45, 7) is 9.83. The van der Waals surface area contributed by atoms with Crippen molar-refractivity contribution in [1.82, 2.24) is 10.6 Å². The molecule has 166 valence electrons. The zero-order chi connectivity index (χ0) is 22.4. The van der Waals surface area contributed by atoms with E-state index in [0.717, 1.165) is 42.9 Å². The van der Waals surface area contributed by atoms with Gasteiger partial charge in [0.15, 0.2) is 0 Å². The number of urea groups is 1. The van der Waals surface area contributed by atoms with Crippen molar-refractivity contribution >= 4 is 23.3 Å². The summed E-state index contributed by atoms with van der Waals surface area (Å²) < 4.78 is 0. The largest absolute Gasteiger partial charge is 0.371 e. The normalized spacial score (nSPS) is 15.5. The molecule has 6 heteroatoms. The lowest BCUT2D eigenvalue weighted by Gasteiger charge is -2.35. The quantitative estimate of drug-likeness (QED) is 0.639. The van der Waals surface area contributed by atoms with Crippen molar-refractivity contribution in [2.24, 2.45) is 5.92 Å². The van der Waals surface area contributed by atoms with Gasteiger partial charge in [-0.2, -0.15) is 0 Å². The summed E-state index contributed by atoms with van der Waals surface area (Å²) >= 11 is 0. The Bertz CT molecular complexity index is 887.